The summed E-state index contributed by atoms with van der Waals surface area (Å²) in [5, 5.41) is 0. The molecule has 5 nitrogen and oxygen atoms in total. The molecular weight excluding hydrogens is 318 g/mol. The number of hydrogen-bond donors (Lipinski definition) is 0. The van der Waals surface area contributed by atoms with Crippen LogP contribution in [0.25, 0.3) is 0 Å². The van der Waals surface area contributed by atoms with Crippen LogP contribution < -0.4 is 4.74 Å². The zero-order valence-corrected chi connectivity index (χ0v) is 15.1. The van der Waals surface area contributed by atoms with Gasteiger partial charge in [-0.05, 0) is 42.7 Å². The summed E-state index contributed by atoms with van der Waals surface area (Å²) in [7, 11) is 3.36. The van der Waals surface area contributed by atoms with Gasteiger partial charge in [-0.1, -0.05) is 12.1 Å². The SMILES string of the molecule is COCc1ccc(CN(Cc2ccc(OC)cc2)CC2CCCO2)o1. The summed E-state index contributed by atoms with van der Waals surface area (Å²) in [6.45, 7) is 3.90. The first-order valence-electron chi connectivity index (χ1n) is 8.80. The summed E-state index contributed by atoms with van der Waals surface area (Å²) in [5.74, 6) is 2.70. The molecule has 1 saturated heterocycles. The van der Waals surface area contributed by atoms with E-state index in [0.717, 1.165) is 56.4 Å². The van der Waals surface area contributed by atoms with Crippen molar-refractivity contribution in [3.05, 3.63) is 53.5 Å². The second kappa shape index (κ2) is 9.04. The molecule has 0 radical (unpaired) electrons. The van der Waals surface area contributed by atoms with Crippen molar-refractivity contribution in [1.82, 2.24) is 4.90 Å². The summed E-state index contributed by atoms with van der Waals surface area (Å²) < 4.78 is 22.1. The van der Waals surface area contributed by atoms with E-state index >= 15 is 0 Å². The molecule has 1 aliphatic rings. The molecule has 0 saturated carbocycles. The number of ether oxygens (including phenoxy) is 3. The number of benzene rings is 1. The first-order chi connectivity index (χ1) is 12.3. The van der Waals surface area contributed by atoms with Crippen molar-refractivity contribution in [2.75, 3.05) is 27.4 Å². The van der Waals surface area contributed by atoms with E-state index in [1.807, 2.05) is 24.3 Å². The lowest BCUT2D eigenvalue weighted by atomic mass is 10.1. The zero-order chi connectivity index (χ0) is 17.5. The van der Waals surface area contributed by atoms with Gasteiger partial charge in [0.1, 0.15) is 23.9 Å². The lowest BCUT2D eigenvalue weighted by Gasteiger charge is -2.24. The molecule has 2 heterocycles. The fraction of sp³-hybridized carbons (Fsp3) is 0.500. The molecular formula is C20H27NO4. The summed E-state index contributed by atoms with van der Waals surface area (Å²) in [4.78, 5) is 2.38. The van der Waals surface area contributed by atoms with E-state index in [9.17, 15) is 0 Å². The number of rotatable bonds is 9. The fourth-order valence-corrected chi connectivity index (χ4v) is 3.20. The first kappa shape index (κ1) is 18.0. The molecule has 0 spiro atoms. The Morgan fingerprint density at radius 3 is 2.52 bits per heavy atom. The lowest BCUT2D eigenvalue weighted by Crippen LogP contribution is -2.31. The van der Waals surface area contributed by atoms with Crippen LogP contribution in [-0.4, -0.2) is 38.4 Å². The summed E-state index contributed by atoms with van der Waals surface area (Å²) >= 11 is 0. The van der Waals surface area contributed by atoms with Crippen molar-refractivity contribution in [2.24, 2.45) is 0 Å². The molecule has 5 heteroatoms. The molecule has 3 rings (SSSR count). The van der Waals surface area contributed by atoms with Gasteiger partial charge in [-0.15, -0.1) is 0 Å². The van der Waals surface area contributed by atoms with Gasteiger partial charge < -0.3 is 18.6 Å². The second-order valence-electron chi connectivity index (χ2n) is 6.45. The standard InChI is InChI=1S/C20H27NO4/c1-22-15-20-10-9-19(25-20)14-21(13-18-4-3-11-24-18)12-16-5-7-17(23-2)8-6-16/h5-10,18H,3-4,11-15H2,1-2H3. The van der Waals surface area contributed by atoms with E-state index in [1.165, 1.54) is 5.56 Å². The Balaban J connectivity index is 1.66. The molecule has 0 aliphatic carbocycles. The number of methoxy groups -OCH3 is 2. The van der Waals surface area contributed by atoms with Crippen LogP contribution >= 0.6 is 0 Å². The normalized spacial score (nSPS) is 17.3. The van der Waals surface area contributed by atoms with Crippen molar-refractivity contribution < 1.29 is 18.6 Å². The van der Waals surface area contributed by atoms with Crippen LogP contribution in [0.3, 0.4) is 0 Å². The predicted molar refractivity (Wildman–Crippen MR) is 95.5 cm³/mol. The van der Waals surface area contributed by atoms with E-state index in [1.54, 1.807) is 14.2 Å². The highest BCUT2D eigenvalue weighted by Crippen LogP contribution is 2.20. The van der Waals surface area contributed by atoms with Crippen LogP contribution in [0.5, 0.6) is 5.75 Å². The predicted octanol–water partition coefficient (Wildman–Crippen LogP) is 3.62. The Morgan fingerprint density at radius 2 is 1.84 bits per heavy atom. The Bertz CT molecular complexity index is 631. The maximum atomic E-state index is 5.87. The van der Waals surface area contributed by atoms with Gasteiger partial charge in [0.15, 0.2) is 0 Å². The molecule has 1 unspecified atom stereocenters. The molecule has 1 fully saturated rings. The summed E-state index contributed by atoms with van der Waals surface area (Å²) in [6.07, 6.45) is 2.60. The van der Waals surface area contributed by atoms with E-state index in [-0.39, 0.29) is 0 Å². The van der Waals surface area contributed by atoms with Crippen LogP contribution in [0.15, 0.2) is 40.8 Å². The van der Waals surface area contributed by atoms with Crippen LogP contribution in [0.2, 0.25) is 0 Å². The highest BCUT2D eigenvalue weighted by Gasteiger charge is 2.20. The largest absolute Gasteiger partial charge is 0.497 e. The average molecular weight is 345 g/mol. The molecule has 1 aliphatic heterocycles. The van der Waals surface area contributed by atoms with E-state index in [4.69, 9.17) is 18.6 Å². The van der Waals surface area contributed by atoms with Gasteiger partial charge in [0.25, 0.3) is 0 Å². The Labute approximate surface area is 149 Å². The summed E-state index contributed by atoms with van der Waals surface area (Å²) in [6, 6.07) is 12.2. The quantitative estimate of drug-likeness (QED) is 0.694. The third-order valence-electron chi connectivity index (χ3n) is 4.43. The monoisotopic (exact) mass is 345 g/mol. The Morgan fingerprint density at radius 1 is 1.04 bits per heavy atom. The number of hydrogen-bond acceptors (Lipinski definition) is 5. The molecule has 1 atom stereocenters. The maximum Gasteiger partial charge on any atom is 0.129 e. The van der Waals surface area contributed by atoms with Gasteiger partial charge in [0, 0.05) is 26.8 Å². The highest BCUT2D eigenvalue weighted by molar-refractivity contribution is 5.27. The van der Waals surface area contributed by atoms with Gasteiger partial charge >= 0.3 is 0 Å². The molecule has 0 bridgehead atoms. The number of nitrogens with zero attached hydrogens (tertiary/aromatic N) is 1. The topological polar surface area (TPSA) is 44.1 Å². The summed E-state index contributed by atoms with van der Waals surface area (Å²) in [5.41, 5.74) is 1.25. The minimum atomic E-state index is 0.312. The second-order valence-corrected chi connectivity index (χ2v) is 6.45. The molecule has 25 heavy (non-hydrogen) atoms. The van der Waals surface area contributed by atoms with Crippen molar-refractivity contribution in [1.29, 1.82) is 0 Å². The van der Waals surface area contributed by atoms with Gasteiger partial charge in [0.05, 0.1) is 19.8 Å². The molecule has 1 aromatic heterocycles. The Kier molecular flexibility index (Phi) is 6.50. The molecule has 0 N–H and O–H groups in total. The van der Waals surface area contributed by atoms with Crippen molar-refractivity contribution in [2.45, 2.75) is 38.6 Å². The highest BCUT2D eigenvalue weighted by atomic mass is 16.5. The van der Waals surface area contributed by atoms with Gasteiger partial charge in [-0.3, -0.25) is 4.90 Å². The third-order valence-corrected chi connectivity index (χ3v) is 4.43. The van der Waals surface area contributed by atoms with Gasteiger partial charge in [0.2, 0.25) is 0 Å². The van der Waals surface area contributed by atoms with E-state index in [2.05, 4.69) is 17.0 Å². The zero-order valence-electron chi connectivity index (χ0n) is 15.1. The van der Waals surface area contributed by atoms with Crippen molar-refractivity contribution in [3.63, 3.8) is 0 Å². The van der Waals surface area contributed by atoms with Crippen LogP contribution in [-0.2, 0) is 29.2 Å². The molecule has 0 amide bonds. The van der Waals surface area contributed by atoms with Crippen LogP contribution in [0, 0.1) is 0 Å². The van der Waals surface area contributed by atoms with E-state index < -0.39 is 0 Å². The first-order valence-corrected chi connectivity index (χ1v) is 8.80. The minimum Gasteiger partial charge on any atom is -0.497 e. The maximum absolute atomic E-state index is 5.87. The third kappa shape index (κ3) is 5.33. The minimum absolute atomic E-state index is 0.312. The fourth-order valence-electron chi connectivity index (χ4n) is 3.20. The van der Waals surface area contributed by atoms with Crippen LogP contribution in [0.1, 0.15) is 29.9 Å². The average Bonchev–Trinajstić information content (AvgIpc) is 3.28. The van der Waals surface area contributed by atoms with Gasteiger partial charge in [-0.2, -0.15) is 0 Å². The van der Waals surface area contributed by atoms with Crippen molar-refractivity contribution in [3.8, 4) is 5.75 Å². The smallest absolute Gasteiger partial charge is 0.129 e. The lowest BCUT2D eigenvalue weighted by molar-refractivity contribution is 0.0649. The Hall–Kier alpha value is -1.82. The number of furan rings is 1. The molecule has 2 aromatic rings. The van der Waals surface area contributed by atoms with E-state index in [0.29, 0.717) is 12.7 Å². The van der Waals surface area contributed by atoms with Crippen molar-refractivity contribution >= 4 is 0 Å². The molecule has 1 aromatic carbocycles. The van der Waals surface area contributed by atoms with Gasteiger partial charge in [-0.25, -0.2) is 0 Å². The van der Waals surface area contributed by atoms with Crippen LogP contribution in [0.4, 0.5) is 0 Å². The molecule has 136 valence electrons.